The lowest BCUT2D eigenvalue weighted by molar-refractivity contribution is 0.520. The largest absolute Gasteiger partial charge is 0.357 e. The summed E-state index contributed by atoms with van der Waals surface area (Å²) in [6.07, 6.45) is 8.88. The Bertz CT molecular complexity index is 979. The number of guanidine groups is 1. The Labute approximate surface area is 195 Å². The summed E-state index contributed by atoms with van der Waals surface area (Å²) in [7, 11) is 0. The fourth-order valence-electron chi connectivity index (χ4n) is 3.78. The van der Waals surface area contributed by atoms with Crippen LogP contribution in [0.4, 0.5) is 0 Å². The molecule has 0 bridgehead atoms. The van der Waals surface area contributed by atoms with Crippen LogP contribution in [0.5, 0.6) is 0 Å². The predicted molar refractivity (Wildman–Crippen MR) is 132 cm³/mol. The Morgan fingerprint density at radius 2 is 2.00 bits per heavy atom. The lowest BCUT2D eigenvalue weighted by Crippen LogP contribution is -2.45. The number of nitrogens with zero attached hydrogens (tertiary/aromatic N) is 4. The highest BCUT2D eigenvalue weighted by Crippen LogP contribution is 2.21. The van der Waals surface area contributed by atoms with Gasteiger partial charge in [-0.1, -0.05) is 30.3 Å². The minimum atomic E-state index is 0. The van der Waals surface area contributed by atoms with Crippen LogP contribution >= 0.6 is 24.0 Å². The van der Waals surface area contributed by atoms with Crippen LogP contribution in [-0.4, -0.2) is 33.1 Å². The average Bonchev–Trinajstić information content (AvgIpc) is 3.18. The van der Waals surface area contributed by atoms with E-state index in [4.69, 9.17) is 4.99 Å². The van der Waals surface area contributed by atoms with Gasteiger partial charge in [-0.3, -0.25) is 4.57 Å². The molecule has 0 saturated heterocycles. The van der Waals surface area contributed by atoms with Gasteiger partial charge in [-0.25, -0.2) is 15.0 Å². The molecule has 0 radical (unpaired) electrons. The maximum absolute atomic E-state index is 4.78. The monoisotopic (exact) mass is 516 g/mol. The van der Waals surface area contributed by atoms with Crippen molar-refractivity contribution in [2.75, 3.05) is 6.54 Å². The van der Waals surface area contributed by atoms with Gasteiger partial charge in [0.15, 0.2) is 5.96 Å². The summed E-state index contributed by atoms with van der Waals surface area (Å²) < 4.78 is 1.97. The summed E-state index contributed by atoms with van der Waals surface area (Å²) in [5.74, 6) is 2.67. The van der Waals surface area contributed by atoms with Crippen molar-refractivity contribution < 1.29 is 0 Å². The Balaban J connectivity index is 0.00000256. The van der Waals surface area contributed by atoms with Gasteiger partial charge in [0.25, 0.3) is 0 Å². The van der Waals surface area contributed by atoms with Crippen molar-refractivity contribution in [3.05, 3.63) is 77.5 Å². The predicted octanol–water partition coefficient (Wildman–Crippen LogP) is 3.81. The van der Waals surface area contributed by atoms with E-state index >= 15 is 0 Å². The Hall–Kier alpha value is -2.42. The molecular weight excluding hydrogens is 487 g/mol. The Kier molecular flexibility index (Phi) is 7.84. The van der Waals surface area contributed by atoms with Gasteiger partial charge in [-0.2, -0.15) is 0 Å². The molecule has 30 heavy (non-hydrogen) atoms. The van der Waals surface area contributed by atoms with E-state index in [0.29, 0.717) is 12.6 Å². The van der Waals surface area contributed by atoms with Crippen LogP contribution in [0.25, 0.3) is 5.82 Å². The standard InChI is InChI=1S/C23H28N6.HI/c1-3-24-23(28-21-10-9-19-6-4-5-7-20(19)14-21)27-16-18-8-11-22(26-15-18)29-13-12-25-17(29)2;/h4-8,11-13,15,21H,3,9-10,14,16H2,1-2H3,(H2,24,27,28);1H. The normalized spacial score (nSPS) is 15.8. The minimum absolute atomic E-state index is 0. The molecule has 0 amide bonds. The number of hydrogen-bond donors (Lipinski definition) is 2. The van der Waals surface area contributed by atoms with E-state index in [1.54, 1.807) is 6.20 Å². The molecule has 0 saturated carbocycles. The zero-order valence-corrected chi connectivity index (χ0v) is 19.8. The van der Waals surface area contributed by atoms with Crippen molar-refractivity contribution >= 4 is 29.9 Å². The molecule has 0 fully saturated rings. The van der Waals surface area contributed by atoms with Gasteiger partial charge in [0.05, 0.1) is 6.54 Å². The summed E-state index contributed by atoms with van der Waals surface area (Å²) in [4.78, 5) is 13.6. The molecule has 1 aliphatic rings. The Morgan fingerprint density at radius 3 is 2.70 bits per heavy atom. The summed E-state index contributed by atoms with van der Waals surface area (Å²) in [5.41, 5.74) is 4.01. The molecule has 2 heterocycles. The van der Waals surface area contributed by atoms with Gasteiger partial charge in [0.1, 0.15) is 11.6 Å². The third-order valence-corrected chi connectivity index (χ3v) is 5.33. The van der Waals surface area contributed by atoms with Crippen molar-refractivity contribution in [2.45, 2.75) is 45.7 Å². The number of imidazole rings is 1. The first-order chi connectivity index (χ1) is 14.2. The van der Waals surface area contributed by atoms with Crippen LogP contribution in [0.2, 0.25) is 0 Å². The smallest absolute Gasteiger partial charge is 0.191 e. The first-order valence-corrected chi connectivity index (χ1v) is 10.3. The van der Waals surface area contributed by atoms with Gasteiger partial charge in [0, 0.05) is 31.2 Å². The van der Waals surface area contributed by atoms with Crippen LogP contribution in [-0.2, 0) is 19.4 Å². The zero-order valence-electron chi connectivity index (χ0n) is 17.5. The first-order valence-electron chi connectivity index (χ1n) is 10.3. The second-order valence-corrected chi connectivity index (χ2v) is 7.42. The topological polar surface area (TPSA) is 67.1 Å². The molecule has 1 aromatic carbocycles. The van der Waals surface area contributed by atoms with Crippen LogP contribution in [0.3, 0.4) is 0 Å². The molecule has 4 rings (SSSR count). The van der Waals surface area contributed by atoms with Crippen molar-refractivity contribution in [1.82, 2.24) is 25.2 Å². The van der Waals surface area contributed by atoms with Crippen molar-refractivity contribution in [2.24, 2.45) is 4.99 Å². The third kappa shape index (κ3) is 5.38. The van der Waals surface area contributed by atoms with Crippen LogP contribution < -0.4 is 10.6 Å². The summed E-state index contributed by atoms with van der Waals surface area (Å²) in [5, 5.41) is 6.99. The van der Waals surface area contributed by atoms with Gasteiger partial charge >= 0.3 is 0 Å². The maximum atomic E-state index is 4.78. The van der Waals surface area contributed by atoms with Crippen molar-refractivity contribution in [3.8, 4) is 5.82 Å². The molecule has 0 spiro atoms. The Morgan fingerprint density at radius 1 is 1.17 bits per heavy atom. The number of aryl methyl sites for hydroxylation is 2. The number of hydrogen-bond acceptors (Lipinski definition) is 3. The van der Waals surface area contributed by atoms with E-state index in [1.807, 2.05) is 30.0 Å². The van der Waals surface area contributed by atoms with Gasteiger partial charge < -0.3 is 10.6 Å². The second kappa shape index (κ2) is 10.6. The summed E-state index contributed by atoms with van der Waals surface area (Å²) >= 11 is 0. The van der Waals surface area contributed by atoms with Gasteiger partial charge in [-0.15, -0.1) is 24.0 Å². The molecule has 7 heteroatoms. The van der Waals surface area contributed by atoms with Crippen molar-refractivity contribution in [1.29, 1.82) is 0 Å². The van der Waals surface area contributed by atoms with E-state index in [2.05, 4.69) is 57.9 Å². The highest BCUT2D eigenvalue weighted by atomic mass is 127. The fraction of sp³-hybridized carbons (Fsp3) is 0.348. The zero-order chi connectivity index (χ0) is 20.1. The maximum Gasteiger partial charge on any atom is 0.191 e. The van der Waals surface area contributed by atoms with E-state index in [0.717, 1.165) is 49.0 Å². The van der Waals surface area contributed by atoms with Crippen LogP contribution in [0, 0.1) is 6.92 Å². The number of aromatic nitrogens is 3. The molecule has 3 aromatic rings. The number of pyridine rings is 1. The van der Waals surface area contributed by atoms with E-state index in [-0.39, 0.29) is 24.0 Å². The fourth-order valence-corrected chi connectivity index (χ4v) is 3.78. The molecule has 1 unspecified atom stereocenters. The van der Waals surface area contributed by atoms with Gasteiger partial charge in [-0.05, 0) is 55.9 Å². The number of benzene rings is 1. The van der Waals surface area contributed by atoms with Crippen LogP contribution in [0.15, 0.2) is 60.0 Å². The van der Waals surface area contributed by atoms with Crippen LogP contribution in [0.1, 0.15) is 35.9 Å². The SMILES string of the molecule is CCNC(=NCc1ccc(-n2ccnc2C)nc1)NC1CCc2ccccc2C1.I. The molecule has 0 aliphatic heterocycles. The lowest BCUT2D eigenvalue weighted by atomic mass is 9.88. The molecule has 2 aromatic heterocycles. The highest BCUT2D eigenvalue weighted by molar-refractivity contribution is 14.0. The quantitative estimate of drug-likeness (QED) is 0.308. The summed E-state index contributed by atoms with van der Waals surface area (Å²) in [6, 6.07) is 13.2. The number of rotatable bonds is 5. The number of fused-ring (bicyclic) bond motifs is 1. The van der Waals surface area contributed by atoms with Gasteiger partial charge in [0.2, 0.25) is 0 Å². The minimum Gasteiger partial charge on any atom is -0.357 e. The average molecular weight is 516 g/mol. The van der Waals surface area contributed by atoms with E-state index in [9.17, 15) is 0 Å². The molecular formula is C23H29IN6. The van der Waals surface area contributed by atoms with E-state index in [1.165, 1.54) is 11.1 Å². The number of halogens is 1. The highest BCUT2D eigenvalue weighted by Gasteiger charge is 2.18. The second-order valence-electron chi connectivity index (χ2n) is 7.42. The first kappa shape index (κ1) is 22.3. The number of aliphatic imine (C=N–C) groups is 1. The van der Waals surface area contributed by atoms with E-state index < -0.39 is 0 Å². The summed E-state index contributed by atoms with van der Waals surface area (Å²) in [6.45, 7) is 5.50. The molecule has 158 valence electrons. The molecule has 2 N–H and O–H groups in total. The lowest BCUT2D eigenvalue weighted by Gasteiger charge is -2.27. The third-order valence-electron chi connectivity index (χ3n) is 5.33. The van der Waals surface area contributed by atoms with Crippen molar-refractivity contribution in [3.63, 3.8) is 0 Å². The molecule has 6 nitrogen and oxygen atoms in total. The molecule has 1 aliphatic carbocycles. The number of nitrogens with one attached hydrogen (secondary N) is 2. The molecule has 1 atom stereocenters.